The van der Waals surface area contributed by atoms with Crippen LogP contribution in [-0.4, -0.2) is 12.6 Å². The zero-order chi connectivity index (χ0) is 23.7. The molecule has 0 unspecified atom stereocenters. The summed E-state index contributed by atoms with van der Waals surface area (Å²) in [6.07, 6.45) is 6.65. The Balaban J connectivity index is 1.60. The van der Waals surface area contributed by atoms with E-state index in [1.807, 2.05) is 36.4 Å². The number of nitrogens with zero attached hydrogens (tertiary/aromatic N) is 1. The average Bonchev–Trinajstić information content (AvgIpc) is 2.86. The Labute approximate surface area is 202 Å². The number of hydrogen-bond acceptors (Lipinski definition) is 3. The van der Waals surface area contributed by atoms with Gasteiger partial charge in [0.1, 0.15) is 5.58 Å². The van der Waals surface area contributed by atoms with Crippen LogP contribution in [0.4, 0.5) is 5.69 Å². The minimum absolute atomic E-state index is 0.315. The lowest BCUT2D eigenvalue weighted by Crippen LogP contribution is -2.36. The van der Waals surface area contributed by atoms with Gasteiger partial charge in [-0.1, -0.05) is 61.7 Å². The van der Waals surface area contributed by atoms with Crippen molar-refractivity contribution in [1.82, 2.24) is 0 Å². The predicted molar refractivity (Wildman–Crippen MR) is 143 cm³/mol. The molecule has 3 aromatic carbocycles. The lowest BCUT2D eigenvalue weighted by atomic mass is 9.89. The van der Waals surface area contributed by atoms with Crippen molar-refractivity contribution < 1.29 is 4.42 Å². The smallest absolute Gasteiger partial charge is 0.336 e. The highest BCUT2D eigenvalue weighted by Gasteiger charge is 2.21. The number of hydrogen-bond donors (Lipinski definition) is 0. The Morgan fingerprint density at radius 2 is 1.59 bits per heavy atom. The molecule has 4 aromatic rings. The Morgan fingerprint density at radius 1 is 0.882 bits per heavy atom. The molecule has 3 heteroatoms. The van der Waals surface area contributed by atoms with Gasteiger partial charge in [-0.25, -0.2) is 4.79 Å². The molecule has 0 N–H and O–H groups in total. The third-order valence-electron chi connectivity index (χ3n) is 7.41. The molecular formula is C31H33NO2. The van der Waals surface area contributed by atoms with Crippen LogP contribution in [0.25, 0.3) is 33.2 Å². The van der Waals surface area contributed by atoms with Gasteiger partial charge in [0.2, 0.25) is 0 Å². The first-order chi connectivity index (χ1) is 16.6. The van der Waals surface area contributed by atoms with Crippen LogP contribution < -0.4 is 10.5 Å². The van der Waals surface area contributed by atoms with E-state index in [0.29, 0.717) is 11.6 Å². The highest BCUT2D eigenvalue weighted by atomic mass is 16.4. The molecule has 0 spiro atoms. The Bertz CT molecular complexity index is 1350. The van der Waals surface area contributed by atoms with E-state index in [0.717, 1.165) is 34.2 Å². The van der Waals surface area contributed by atoms with Crippen LogP contribution in [0.5, 0.6) is 0 Å². The van der Waals surface area contributed by atoms with Gasteiger partial charge in [0.15, 0.2) is 0 Å². The molecule has 174 valence electrons. The second kappa shape index (κ2) is 9.50. The van der Waals surface area contributed by atoms with Gasteiger partial charge in [-0.15, -0.1) is 0 Å². The van der Waals surface area contributed by atoms with Crippen molar-refractivity contribution in [3.05, 3.63) is 88.3 Å². The number of fused-ring (bicyclic) bond motifs is 1. The topological polar surface area (TPSA) is 33.5 Å². The minimum Gasteiger partial charge on any atom is -0.423 e. The molecule has 5 rings (SSSR count). The van der Waals surface area contributed by atoms with Gasteiger partial charge in [0.25, 0.3) is 0 Å². The lowest BCUT2D eigenvalue weighted by Gasteiger charge is -2.35. The molecule has 0 atom stereocenters. The Morgan fingerprint density at radius 3 is 2.26 bits per heavy atom. The highest BCUT2D eigenvalue weighted by Crippen LogP contribution is 2.38. The van der Waals surface area contributed by atoms with Gasteiger partial charge >= 0.3 is 5.63 Å². The summed E-state index contributed by atoms with van der Waals surface area (Å²) in [6.45, 7) is 7.55. The quantitative estimate of drug-likeness (QED) is 0.289. The zero-order valence-corrected chi connectivity index (χ0v) is 20.4. The summed E-state index contributed by atoms with van der Waals surface area (Å²) >= 11 is 0. The standard InChI is InChI=1S/C31H33NO2/c1-4-32(25-13-9-6-10-14-25)26-17-15-24(16-18-26)30-21(2)19-28-31(22(30)3)27(20-29(33)34-28)23-11-7-5-8-12-23/h5,7-8,11-12,15-20,25H,4,6,9-10,13-14H2,1-3H3. The van der Waals surface area contributed by atoms with Crippen LogP contribution in [0, 0.1) is 13.8 Å². The van der Waals surface area contributed by atoms with E-state index < -0.39 is 0 Å². The number of aryl methyl sites for hydroxylation is 2. The molecular weight excluding hydrogens is 418 g/mol. The molecule has 1 fully saturated rings. The number of rotatable bonds is 5. The van der Waals surface area contributed by atoms with E-state index in [1.165, 1.54) is 48.9 Å². The van der Waals surface area contributed by atoms with Crippen LogP contribution in [-0.2, 0) is 0 Å². The summed E-state index contributed by atoms with van der Waals surface area (Å²) in [5.74, 6) is 0. The van der Waals surface area contributed by atoms with Gasteiger partial charge in [-0.2, -0.15) is 0 Å². The minimum atomic E-state index is -0.315. The maximum absolute atomic E-state index is 12.3. The van der Waals surface area contributed by atoms with Crippen LogP contribution in [0.3, 0.4) is 0 Å². The molecule has 3 nitrogen and oxygen atoms in total. The van der Waals surface area contributed by atoms with Gasteiger partial charge in [0, 0.05) is 35.3 Å². The molecule has 0 bridgehead atoms. The molecule has 1 aromatic heterocycles. The first kappa shape index (κ1) is 22.5. The van der Waals surface area contributed by atoms with Crippen molar-refractivity contribution in [3.8, 4) is 22.3 Å². The summed E-state index contributed by atoms with van der Waals surface area (Å²) < 4.78 is 5.65. The number of benzene rings is 3. The molecule has 1 saturated carbocycles. The first-order valence-corrected chi connectivity index (χ1v) is 12.6. The fourth-order valence-corrected chi connectivity index (χ4v) is 5.84. The van der Waals surface area contributed by atoms with E-state index in [2.05, 4.69) is 49.9 Å². The highest BCUT2D eigenvalue weighted by molar-refractivity contribution is 6.00. The lowest BCUT2D eigenvalue weighted by molar-refractivity contribution is 0.418. The fourth-order valence-electron chi connectivity index (χ4n) is 5.84. The second-order valence-electron chi connectivity index (χ2n) is 9.54. The summed E-state index contributed by atoms with van der Waals surface area (Å²) in [4.78, 5) is 14.9. The summed E-state index contributed by atoms with van der Waals surface area (Å²) in [7, 11) is 0. The van der Waals surface area contributed by atoms with Crippen molar-refractivity contribution in [1.29, 1.82) is 0 Å². The summed E-state index contributed by atoms with van der Waals surface area (Å²) in [5, 5.41) is 1.01. The molecule has 1 aliphatic rings. The van der Waals surface area contributed by atoms with Crippen molar-refractivity contribution in [3.63, 3.8) is 0 Å². The largest absolute Gasteiger partial charge is 0.423 e. The van der Waals surface area contributed by atoms with Crippen molar-refractivity contribution in [2.75, 3.05) is 11.4 Å². The average molecular weight is 452 g/mol. The van der Waals surface area contributed by atoms with E-state index >= 15 is 0 Å². The molecule has 1 heterocycles. The maximum atomic E-state index is 12.3. The molecule has 0 amide bonds. The van der Waals surface area contributed by atoms with Crippen LogP contribution >= 0.6 is 0 Å². The van der Waals surface area contributed by atoms with E-state index in [-0.39, 0.29) is 5.63 Å². The van der Waals surface area contributed by atoms with Gasteiger partial charge in [-0.3, -0.25) is 0 Å². The summed E-state index contributed by atoms with van der Waals surface area (Å²) in [5.41, 5.74) is 8.27. The van der Waals surface area contributed by atoms with Crippen LogP contribution in [0.2, 0.25) is 0 Å². The Kier molecular flexibility index (Phi) is 6.28. The summed E-state index contributed by atoms with van der Waals surface area (Å²) in [6, 6.07) is 23.5. The van der Waals surface area contributed by atoms with Gasteiger partial charge < -0.3 is 9.32 Å². The third-order valence-corrected chi connectivity index (χ3v) is 7.41. The molecule has 1 aliphatic carbocycles. The molecule has 34 heavy (non-hydrogen) atoms. The van der Waals surface area contributed by atoms with Crippen molar-refractivity contribution >= 4 is 16.7 Å². The third kappa shape index (κ3) is 4.16. The zero-order valence-electron chi connectivity index (χ0n) is 20.4. The van der Waals surface area contributed by atoms with E-state index in [4.69, 9.17) is 4.42 Å². The van der Waals surface area contributed by atoms with Crippen molar-refractivity contribution in [2.24, 2.45) is 0 Å². The monoisotopic (exact) mass is 451 g/mol. The van der Waals surface area contributed by atoms with Crippen LogP contribution in [0.1, 0.15) is 50.2 Å². The maximum Gasteiger partial charge on any atom is 0.336 e. The van der Waals surface area contributed by atoms with Crippen molar-refractivity contribution in [2.45, 2.75) is 58.9 Å². The fraction of sp³-hybridized carbons (Fsp3) is 0.323. The number of anilines is 1. The Hall–Kier alpha value is -3.33. The molecule has 0 aliphatic heterocycles. The SMILES string of the molecule is CCN(c1ccc(-c2c(C)cc3oc(=O)cc(-c4ccccc4)c3c2C)cc1)C1CCCCC1. The predicted octanol–water partition coefficient (Wildman–Crippen LogP) is 7.90. The normalized spacial score (nSPS) is 14.4. The second-order valence-corrected chi connectivity index (χ2v) is 9.54. The van der Waals surface area contributed by atoms with E-state index in [9.17, 15) is 4.79 Å². The first-order valence-electron chi connectivity index (χ1n) is 12.6. The van der Waals surface area contributed by atoms with E-state index in [1.54, 1.807) is 6.07 Å². The molecule has 0 radical (unpaired) electrons. The van der Waals surface area contributed by atoms with Gasteiger partial charge in [0.05, 0.1) is 0 Å². The van der Waals surface area contributed by atoms with Crippen LogP contribution in [0.15, 0.2) is 75.9 Å². The molecule has 0 saturated heterocycles. The van der Waals surface area contributed by atoms with Gasteiger partial charge in [-0.05, 0) is 79.6 Å².